The Morgan fingerprint density at radius 2 is 1.90 bits per heavy atom. The van der Waals surface area contributed by atoms with E-state index in [1.54, 1.807) is 6.20 Å². The number of pyridine rings is 1. The van der Waals surface area contributed by atoms with Gasteiger partial charge in [-0.05, 0) is 38.2 Å². The number of halogens is 1. The second-order valence-corrected chi connectivity index (χ2v) is 7.85. The summed E-state index contributed by atoms with van der Waals surface area (Å²) in [4.78, 5) is 35.8. The highest BCUT2D eigenvalue weighted by molar-refractivity contribution is 14.0. The topological polar surface area (TPSA) is 95.9 Å². The molecule has 31 heavy (non-hydrogen) atoms. The lowest BCUT2D eigenvalue weighted by Gasteiger charge is -2.18. The van der Waals surface area contributed by atoms with Crippen LogP contribution in [0.25, 0.3) is 0 Å². The number of likely N-dealkylation sites (tertiary alicyclic amines) is 1. The molecule has 0 aromatic carbocycles. The Kier molecular flexibility index (Phi) is 7.90. The lowest BCUT2D eigenvalue weighted by Crippen LogP contribution is -2.43. The number of aromatic nitrogens is 1. The maximum Gasteiger partial charge on any atom is 0.233 e. The van der Waals surface area contributed by atoms with Crippen LogP contribution in [0.5, 0.6) is 5.88 Å². The van der Waals surface area contributed by atoms with Crippen molar-refractivity contribution in [2.75, 3.05) is 26.2 Å². The van der Waals surface area contributed by atoms with E-state index in [4.69, 9.17) is 4.74 Å². The number of imide groups is 1. The maximum absolute atomic E-state index is 12.8. The third-order valence-electron chi connectivity index (χ3n) is 6.07. The minimum Gasteiger partial charge on any atom is -0.478 e. The molecule has 8 nitrogen and oxygen atoms in total. The van der Waals surface area contributed by atoms with Crippen molar-refractivity contribution in [3.63, 3.8) is 0 Å². The first-order valence-corrected chi connectivity index (χ1v) is 10.8. The van der Waals surface area contributed by atoms with Crippen LogP contribution in [0.4, 0.5) is 0 Å². The zero-order chi connectivity index (χ0) is 21.1. The predicted molar refractivity (Wildman–Crippen MR) is 128 cm³/mol. The lowest BCUT2D eigenvalue weighted by atomic mass is 9.85. The van der Waals surface area contributed by atoms with Crippen molar-refractivity contribution >= 4 is 41.8 Å². The van der Waals surface area contributed by atoms with Gasteiger partial charge in [0.05, 0.1) is 25.0 Å². The summed E-state index contributed by atoms with van der Waals surface area (Å²) in [6.07, 6.45) is 6.88. The van der Waals surface area contributed by atoms with Crippen LogP contribution < -0.4 is 15.4 Å². The fourth-order valence-corrected chi connectivity index (χ4v) is 4.79. The van der Waals surface area contributed by atoms with Crippen molar-refractivity contribution in [3.8, 4) is 5.88 Å². The van der Waals surface area contributed by atoms with E-state index in [2.05, 4.69) is 32.8 Å². The summed E-state index contributed by atoms with van der Waals surface area (Å²) in [7, 11) is 0. The smallest absolute Gasteiger partial charge is 0.233 e. The highest BCUT2D eigenvalue weighted by Gasteiger charge is 2.58. The predicted octanol–water partition coefficient (Wildman–Crippen LogP) is 1.96. The van der Waals surface area contributed by atoms with Gasteiger partial charge in [0.25, 0.3) is 0 Å². The van der Waals surface area contributed by atoms with E-state index in [0.29, 0.717) is 44.6 Å². The van der Waals surface area contributed by atoms with Gasteiger partial charge in [0.2, 0.25) is 17.7 Å². The van der Waals surface area contributed by atoms with Crippen LogP contribution in [0.3, 0.4) is 0 Å². The third-order valence-corrected chi connectivity index (χ3v) is 6.07. The van der Waals surface area contributed by atoms with E-state index < -0.39 is 0 Å². The van der Waals surface area contributed by atoms with Crippen molar-refractivity contribution in [1.29, 1.82) is 0 Å². The first kappa shape index (κ1) is 23.5. The molecule has 9 heteroatoms. The molecule has 2 fully saturated rings. The minimum atomic E-state index is -0.142. The molecule has 4 atom stereocenters. The van der Waals surface area contributed by atoms with Gasteiger partial charge in [-0.15, -0.1) is 24.0 Å². The van der Waals surface area contributed by atoms with Gasteiger partial charge >= 0.3 is 0 Å². The molecule has 1 aliphatic heterocycles. The number of rotatable bonds is 8. The number of hydrogen-bond donors (Lipinski definition) is 2. The lowest BCUT2D eigenvalue weighted by molar-refractivity contribution is -0.140. The Morgan fingerprint density at radius 3 is 2.55 bits per heavy atom. The number of fused-ring (bicyclic) bond motifs is 5. The number of aliphatic imine (C=N–C) groups is 1. The second-order valence-electron chi connectivity index (χ2n) is 7.85. The van der Waals surface area contributed by atoms with Gasteiger partial charge in [-0.2, -0.15) is 0 Å². The molecule has 2 aliphatic carbocycles. The minimum absolute atomic E-state index is 0. The molecule has 1 saturated heterocycles. The van der Waals surface area contributed by atoms with Crippen LogP contribution in [-0.4, -0.2) is 53.9 Å². The fourth-order valence-electron chi connectivity index (χ4n) is 4.79. The van der Waals surface area contributed by atoms with Crippen LogP contribution in [0.1, 0.15) is 25.8 Å². The molecule has 4 rings (SSSR count). The van der Waals surface area contributed by atoms with Gasteiger partial charge in [-0.1, -0.05) is 18.2 Å². The molecule has 2 amide bonds. The van der Waals surface area contributed by atoms with Gasteiger partial charge in [0, 0.05) is 31.4 Å². The molecule has 2 bridgehead atoms. The van der Waals surface area contributed by atoms with E-state index in [0.717, 1.165) is 12.0 Å². The molecule has 168 valence electrons. The quantitative estimate of drug-likeness (QED) is 0.173. The van der Waals surface area contributed by atoms with E-state index in [1.807, 2.05) is 26.0 Å². The van der Waals surface area contributed by atoms with Gasteiger partial charge in [0.1, 0.15) is 0 Å². The highest BCUT2D eigenvalue weighted by atomic mass is 127. The standard InChI is InChI=1S/C22H29N5O3.HI/c1-3-23-22(26-13-16-6-5-9-24-19(16)30-4-2)25-10-11-27-20(28)17-14-7-8-15(12-14)18(17)21(27)29;/h5-9,14-15,17-18H,3-4,10-13H2,1-2H3,(H2,23,25,26);1H. The van der Waals surface area contributed by atoms with Gasteiger partial charge in [-0.25, -0.2) is 9.98 Å². The Hall–Kier alpha value is -2.17. The van der Waals surface area contributed by atoms with Gasteiger partial charge in [-0.3, -0.25) is 14.5 Å². The highest BCUT2D eigenvalue weighted by Crippen LogP contribution is 2.52. The zero-order valence-electron chi connectivity index (χ0n) is 17.9. The van der Waals surface area contributed by atoms with Crippen LogP contribution in [0.15, 0.2) is 35.5 Å². The first-order valence-electron chi connectivity index (χ1n) is 10.8. The normalized spacial score (nSPS) is 26.1. The zero-order valence-corrected chi connectivity index (χ0v) is 20.2. The molecule has 1 aromatic rings. The molecular formula is C22H30IN5O3. The van der Waals surface area contributed by atoms with Gasteiger partial charge < -0.3 is 15.4 Å². The Labute approximate surface area is 199 Å². The Morgan fingerprint density at radius 1 is 1.19 bits per heavy atom. The molecule has 2 heterocycles. The van der Waals surface area contributed by atoms with E-state index in [-0.39, 0.29) is 59.5 Å². The van der Waals surface area contributed by atoms with Crippen LogP contribution in [0.2, 0.25) is 0 Å². The number of allylic oxidation sites excluding steroid dienone is 2. The fraction of sp³-hybridized carbons (Fsp3) is 0.545. The molecule has 4 unspecified atom stereocenters. The second kappa shape index (κ2) is 10.4. The molecular weight excluding hydrogens is 509 g/mol. The first-order chi connectivity index (χ1) is 14.6. The number of ether oxygens (including phenoxy) is 1. The molecule has 1 saturated carbocycles. The molecule has 0 radical (unpaired) electrons. The summed E-state index contributed by atoms with van der Waals surface area (Å²) >= 11 is 0. The molecule has 0 spiro atoms. The summed E-state index contributed by atoms with van der Waals surface area (Å²) < 4.78 is 5.55. The summed E-state index contributed by atoms with van der Waals surface area (Å²) in [5, 5.41) is 6.43. The van der Waals surface area contributed by atoms with Crippen LogP contribution >= 0.6 is 24.0 Å². The summed E-state index contributed by atoms with van der Waals surface area (Å²) in [5.41, 5.74) is 0.900. The largest absolute Gasteiger partial charge is 0.478 e. The summed E-state index contributed by atoms with van der Waals surface area (Å²) in [6.45, 7) is 6.39. The SMILES string of the molecule is CCNC(=NCc1cccnc1OCC)NCCN1C(=O)C2C3C=CC(C3)C2C1=O.I. The van der Waals surface area contributed by atoms with Crippen LogP contribution in [-0.2, 0) is 16.1 Å². The third kappa shape index (κ3) is 4.70. The Bertz CT molecular complexity index is 844. The summed E-state index contributed by atoms with van der Waals surface area (Å²) in [5.74, 6) is 1.39. The number of nitrogens with zero attached hydrogens (tertiary/aromatic N) is 3. The monoisotopic (exact) mass is 539 g/mol. The average molecular weight is 539 g/mol. The number of hydrogen-bond acceptors (Lipinski definition) is 5. The number of carbonyl (C=O) groups excluding carboxylic acids is 2. The Balaban J connectivity index is 0.00000272. The van der Waals surface area contributed by atoms with Crippen molar-refractivity contribution in [1.82, 2.24) is 20.5 Å². The summed E-state index contributed by atoms with van der Waals surface area (Å²) in [6, 6.07) is 3.80. The van der Waals surface area contributed by atoms with E-state index in [9.17, 15) is 9.59 Å². The van der Waals surface area contributed by atoms with Crippen molar-refractivity contribution in [2.45, 2.75) is 26.8 Å². The molecule has 1 aromatic heterocycles. The van der Waals surface area contributed by atoms with Crippen molar-refractivity contribution < 1.29 is 14.3 Å². The van der Waals surface area contributed by atoms with Crippen molar-refractivity contribution in [3.05, 3.63) is 36.0 Å². The number of nitrogens with one attached hydrogen (secondary N) is 2. The molecule has 2 N–H and O–H groups in total. The molecule has 3 aliphatic rings. The van der Waals surface area contributed by atoms with Crippen molar-refractivity contribution in [2.24, 2.45) is 28.7 Å². The van der Waals surface area contributed by atoms with Gasteiger partial charge in [0.15, 0.2) is 5.96 Å². The number of carbonyl (C=O) groups is 2. The van der Waals surface area contributed by atoms with Crippen LogP contribution in [0, 0.1) is 23.7 Å². The maximum atomic E-state index is 12.8. The number of amides is 2. The van der Waals surface area contributed by atoms with E-state index >= 15 is 0 Å². The number of guanidine groups is 1. The average Bonchev–Trinajstić information content (AvgIpc) is 3.43. The van der Waals surface area contributed by atoms with E-state index in [1.165, 1.54) is 4.90 Å².